The third-order valence-electron chi connectivity index (χ3n) is 12.2. The van der Waals surface area contributed by atoms with Crippen LogP contribution in [0.15, 0.2) is 169 Å². The van der Waals surface area contributed by atoms with Crippen molar-refractivity contribution in [1.29, 1.82) is 10.8 Å². The monoisotopic (exact) mass is 873 g/mol. The third kappa shape index (κ3) is 11.5. The molecular formula is C57H55N5O4. The van der Waals surface area contributed by atoms with Crippen molar-refractivity contribution in [3.05, 3.63) is 202 Å². The molecule has 8 rings (SSSR count). The molecule has 0 heterocycles. The van der Waals surface area contributed by atoms with Crippen LogP contribution in [-0.4, -0.2) is 47.0 Å². The normalized spacial score (nSPS) is 13.9. The van der Waals surface area contributed by atoms with Gasteiger partial charge in [-0.15, -0.1) is 0 Å². The van der Waals surface area contributed by atoms with Crippen LogP contribution in [0.25, 0.3) is 32.7 Å². The number of amidine groups is 1. The SMILES string of the molecule is CC(=N)c1ccc(CCC(=O)[C@H](C)NC(=O)C2=CC(c3cccc4ccccc34)=CC2)cc1.C[C@H](NC(=O)C1=CC(c2cccc3ccccc23)=CC1)C(=O)CCc1ccc(C(=N)N)cc1. The molecule has 6 aromatic rings. The number of nitrogens with two attached hydrogens (primary N) is 1. The molecule has 2 aliphatic rings. The Labute approximate surface area is 386 Å². The van der Waals surface area contributed by atoms with E-state index in [1.54, 1.807) is 32.9 Å². The lowest BCUT2D eigenvalue weighted by molar-refractivity contribution is -0.125. The number of allylic oxidation sites excluding steroid dienone is 6. The molecule has 9 nitrogen and oxygen atoms in total. The van der Waals surface area contributed by atoms with Crippen LogP contribution in [0.3, 0.4) is 0 Å². The summed E-state index contributed by atoms with van der Waals surface area (Å²) in [6.07, 6.45) is 11.0. The van der Waals surface area contributed by atoms with E-state index in [1.165, 1.54) is 5.39 Å². The van der Waals surface area contributed by atoms with Gasteiger partial charge in [-0.2, -0.15) is 0 Å². The first kappa shape index (κ1) is 46.2. The number of amides is 2. The topological polar surface area (TPSA) is 166 Å². The van der Waals surface area contributed by atoms with E-state index in [9.17, 15) is 19.2 Å². The molecule has 0 radical (unpaired) electrons. The van der Waals surface area contributed by atoms with Crippen LogP contribution in [-0.2, 0) is 32.0 Å². The maximum atomic E-state index is 12.8. The summed E-state index contributed by atoms with van der Waals surface area (Å²) in [5.41, 5.74) is 15.2. The molecule has 0 unspecified atom stereocenters. The van der Waals surface area contributed by atoms with Crippen LogP contribution in [0.2, 0.25) is 0 Å². The second kappa shape index (κ2) is 21.3. The fourth-order valence-corrected chi connectivity index (χ4v) is 8.18. The molecule has 0 aliphatic heterocycles. The van der Waals surface area contributed by atoms with Gasteiger partial charge in [0.1, 0.15) is 5.84 Å². The molecule has 2 amide bonds. The molecule has 2 aliphatic carbocycles. The molecule has 6 aromatic carbocycles. The zero-order chi connectivity index (χ0) is 46.7. The average Bonchev–Trinajstić information content (AvgIpc) is 4.04. The molecule has 66 heavy (non-hydrogen) atoms. The Morgan fingerprint density at radius 3 is 1.35 bits per heavy atom. The summed E-state index contributed by atoms with van der Waals surface area (Å²) in [7, 11) is 0. The van der Waals surface area contributed by atoms with Crippen LogP contribution in [0, 0.1) is 10.8 Å². The van der Waals surface area contributed by atoms with Crippen LogP contribution in [0.1, 0.15) is 79.8 Å². The van der Waals surface area contributed by atoms with Gasteiger partial charge in [0.25, 0.3) is 0 Å². The standard InChI is InChI=1S/C29H28N2O2.C28H27N3O2/c1-19(30)22-13-10-21(11-14-22)12-17-28(32)20(2)31-29(33)25-16-15-24(18-25)27-9-5-7-23-6-3-4-8-26(23)27;1-18(26(32)16-11-19-9-12-21(13-10-19)27(29)30)31-28(33)23-15-14-22(17-23)25-8-4-6-20-5-2-3-7-24(20)25/h3-11,13-15,18,20,30H,12,16-17H2,1-2H3,(H,31,33);2-10,12-14,17-18H,11,15-16H2,1H3,(H3,29,30)(H,31,33)/t20-;18-/m00/s1. The van der Waals surface area contributed by atoms with Crippen molar-refractivity contribution in [3.8, 4) is 0 Å². The van der Waals surface area contributed by atoms with Gasteiger partial charge in [-0.05, 0) is 119 Å². The number of hydrogen-bond donors (Lipinski definition) is 5. The summed E-state index contributed by atoms with van der Waals surface area (Å²) >= 11 is 0. The van der Waals surface area contributed by atoms with Gasteiger partial charge in [0.15, 0.2) is 11.6 Å². The Morgan fingerprint density at radius 2 is 0.939 bits per heavy atom. The molecule has 0 saturated heterocycles. The van der Waals surface area contributed by atoms with Crippen molar-refractivity contribution in [1.82, 2.24) is 10.6 Å². The van der Waals surface area contributed by atoms with Crippen molar-refractivity contribution in [2.45, 2.75) is 71.4 Å². The summed E-state index contributed by atoms with van der Waals surface area (Å²) in [4.78, 5) is 50.7. The summed E-state index contributed by atoms with van der Waals surface area (Å²) in [6, 6.07) is 42.7. The molecule has 0 fully saturated rings. The molecule has 9 heteroatoms. The summed E-state index contributed by atoms with van der Waals surface area (Å²) in [6.45, 7) is 5.23. The lowest BCUT2D eigenvalue weighted by Gasteiger charge is -2.13. The number of ketones is 2. The number of carbonyl (C=O) groups excluding carboxylic acids is 4. The highest BCUT2D eigenvalue weighted by Gasteiger charge is 2.23. The van der Waals surface area contributed by atoms with Gasteiger partial charge >= 0.3 is 0 Å². The van der Waals surface area contributed by atoms with Crippen molar-refractivity contribution >= 4 is 67.6 Å². The minimum atomic E-state index is -0.559. The van der Waals surface area contributed by atoms with Gasteiger partial charge in [-0.3, -0.25) is 24.6 Å². The fourth-order valence-electron chi connectivity index (χ4n) is 8.18. The first-order chi connectivity index (χ1) is 31.8. The van der Waals surface area contributed by atoms with Crippen LogP contribution in [0.4, 0.5) is 0 Å². The van der Waals surface area contributed by atoms with Crippen molar-refractivity contribution < 1.29 is 19.2 Å². The van der Waals surface area contributed by atoms with Crippen molar-refractivity contribution in [2.75, 3.05) is 0 Å². The predicted octanol–water partition coefficient (Wildman–Crippen LogP) is 10.2. The van der Waals surface area contributed by atoms with Crippen molar-refractivity contribution in [2.24, 2.45) is 5.73 Å². The number of hydrogen-bond acceptors (Lipinski definition) is 6. The summed E-state index contributed by atoms with van der Waals surface area (Å²) in [5.74, 6) is -0.370. The Bertz CT molecular complexity index is 2760. The Kier molecular flexibility index (Phi) is 14.9. The van der Waals surface area contributed by atoms with E-state index in [0.717, 1.165) is 55.1 Å². The smallest absolute Gasteiger partial charge is 0.248 e. The lowest BCUT2D eigenvalue weighted by atomic mass is 9.99. The zero-order valence-electron chi connectivity index (χ0n) is 37.6. The number of carbonyl (C=O) groups is 4. The van der Waals surface area contributed by atoms with E-state index in [1.807, 2.05) is 84.9 Å². The highest BCUT2D eigenvalue weighted by Crippen LogP contribution is 2.33. The lowest BCUT2D eigenvalue weighted by Crippen LogP contribution is -2.39. The fraction of sp³-hybridized carbons (Fsp3) is 0.193. The highest BCUT2D eigenvalue weighted by molar-refractivity contribution is 6.06. The number of nitrogens with one attached hydrogen (secondary N) is 4. The second-order valence-electron chi connectivity index (χ2n) is 16.9. The number of benzene rings is 6. The molecule has 0 aromatic heterocycles. The molecule has 6 N–H and O–H groups in total. The van der Waals surface area contributed by atoms with E-state index in [0.29, 0.717) is 60.9 Å². The maximum Gasteiger partial charge on any atom is 0.248 e. The first-order valence-corrected chi connectivity index (χ1v) is 22.4. The number of rotatable bonds is 16. The van der Waals surface area contributed by atoms with Gasteiger partial charge in [0.05, 0.1) is 12.1 Å². The predicted molar refractivity (Wildman–Crippen MR) is 268 cm³/mol. The van der Waals surface area contributed by atoms with Gasteiger partial charge in [0.2, 0.25) is 11.8 Å². The van der Waals surface area contributed by atoms with Crippen LogP contribution < -0.4 is 16.4 Å². The van der Waals surface area contributed by atoms with Crippen molar-refractivity contribution in [3.63, 3.8) is 0 Å². The summed E-state index contributed by atoms with van der Waals surface area (Å²) in [5, 5.41) is 25.5. The first-order valence-electron chi connectivity index (χ1n) is 22.4. The number of aryl methyl sites for hydroxylation is 2. The van der Waals surface area contributed by atoms with E-state index < -0.39 is 12.1 Å². The van der Waals surface area contributed by atoms with Crippen LogP contribution in [0.5, 0.6) is 0 Å². The molecule has 0 bridgehead atoms. The summed E-state index contributed by atoms with van der Waals surface area (Å²) < 4.78 is 0. The second-order valence-corrected chi connectivity index (χ2v) is 16.9. The maximum absolute atomic E-state index is 12.8. The van der Waals surface area contributed by atoms with E-state index in [4.69, 9.17) is 16.6 Å². The molecule has 2 atom stereocenters. The molecule has 332 valence electrons. The molecule has 0 spiro atoms. The van der Waals surface area contributed by atoms with E-state index in [2.05, 4.69) is 71.3 Å². The minimum Gasteiger partial charge on any atom is -0.384 e. The zero-order valence-corrected chi connectivity index (χ0v) is 37.6. The third-order valence-corrected chi connectivity index (χ3v) is 12.2. The highest BCUT2D eigenvalue weighted by atomic mass is 16.2. The number of Topliss-reactive ketones (excluding diaryl/α,β-unsaturated/α-hetero) is 2. The molecule has 0 saturated carbocycles. The number of fused-ring (bicyclic) bond motifs is 2. The number of nitrogen functional groups attached to an aromatic ring is 1. The van der Waals surface area contributed by atoms with Gasteiger partial charge < -0.3 is 21.8 Å². The quantitative estimate of drug-likeness (QED) is 0.0482. The Balaban J connectivity index is 0.000000196. The van der Waals surface area contributed by atoms with Crippen LogP contribution >= 0.6 is 0 Å². The average molecular weight is 874 g/mol. The Hall–Kier alpha value is -7.78. The largest absolute Gasteiger partial charge is 0.384 e. The van der Waals surface area contributed by atoms with Gasteiger partial charge in [-0.25, -0.2) is 0 Å². The van der Waals surface area contributed by atoms with E-state index in [-0.39, 0.29) is 29.2 Å². The van der Waals surface area contributed by atoms with E-state index >= 15 is 0 Å². The van der Waals surface area contributed by atoms with Gasteiger partial charge in [-0.1, -0.05) is 146 Å². The molecular weight excluding hydrogens is 819 g/mol. The minimum absolute atomic E-state index is 0.0106. The Morgan fingerprint density at radius 1 is 0.545 bits per heavy atom. The van der Waals surface area contributed by atoms with Gasteiger partial charge in [0, 0.05) is 35.3 Å².